The summed E-state index contributed by atoms with van der Waals surface area (Å²) in [5, 5.41) is 115. The van der Waals surface area contributed by atoms with Gasteiger partial charge >= 0.3 is 6.03 Å². The Labute approximate surface area is 599 Å². The number of Topliss-reactive ketones (excluding diaryl/α,β-unsaturated/α-hetero) is 2. The topological polar surface area (TPSA) is 606 Å². The van der Waals surface area contributed by atoms with Crippen molar-refractivity contribution in [3.63, 3.8) is 0 Å². The Hall–Kier alpha value is -7.81. The van der Waals surface area contributed by atoms with Crippen LogP contribution in [0.3, 0.4) is 0 Å². The van der Waals surface area contributed by atoms with Gasteiger partial charge in [0.05, 0.1) is 108 Å². The maximum absolute atomic E-state index is 13.5. The van der Waals surface area contributed by atoms with E-state index in [-0.39, 0.29) is 135 Å². The second kappa shape index (κ2) is 45.5. The number of carbonyl (C=O) groups excluding carboxylic acids is 3. The molecule has 2 aliphatic carbocycles. The van der Waals surface area contributed by atoms with E-state index in [2.05, 4.69) is 31.7 Å². The van der Waals surface area contributed by atoms with Crippen LogP contribution in [0.4, 0.5) is 27.5 Å². The van der Waals surface area contributed by atoms with Crippen LogP contribution in [0.5, 0.6) is 5.75 Å². The van der Waals surface area contributed by atoms with E-state index in [9.17, 15) is 66.3 Å². The predicted octanol–water partition coefficient (Wildman–Crippen LogP) is -2.17. The number of anilines is 4. The van der Waals surface area contributed by atoms with Crippen LogP contribution in [-0.2, 0) is 40.5 Å². The van der Waals surface area contributed by atoms with Crippen LogP contribution in [-0.4, -0.2) is 327 Å². The molecule has 5 aromatic rings. The largest absolute Gasteiger partial charge is 0.494 e. The lowest BCUT2D eigenvalue weighted by Crippen LogP contribution is -2.32. The number of hydrazone groups is 2. The molecule has 0 fully saturated rings. The first-order valence-electron chi connectivity index (χ1n) is 31.2. The molecule has 7 rings (SSSR count). The normalized spacial score (nSPS) is 13.7. The number of allylic oxidation sites excluding steroid dienone is 2. The van der Waals surface area contributed by atoms with Crippen molar-refractivity contribution in [2.75, 3.05) is 186 Å². The first kappa shape index (κ1) is 90.4. The SMILES string of the molecule is COc1cc(S(=O)(=O)O)ccc1N/N=C1/C(=O)c2ccc(NC(=O)Nc3ccc4c(c3)C=C(S(=O)(=O)O)/C(=N\Nc3ccc5cc(S(=O)(=O)O)ccc5c3)C4=O)cc2C=C1S(=O)(=O)O.OCCN(CCO)CCO.OCCN(CCO)CCO.OCCN(CCO)CCO.OCCN(CCO)CCO. The van der Waals surface area contributed by atoms with E-state index in [1.54, 1.807) is 19.6 Å². The lowest BCUT2D eigenvalue weighted by Gasteiger charge is -2.18. The van der Waals surface area contributed by atoms with Crippen molar-refractivity contribution < 1.29 is 132 Å². The fourth-order valence-corrected chi connectivity index (χ4v) is 11.7. The number of benzene rings is 5. The van der Waals surface area contributed by atoms with Crippen molar-refractivity contribution in [1.82, 2.24) is 19.6 Å². The number of aliphatic hydroxyl groups excluding tert-OH is 12. The van der Waals surface area contributed by atoms with Gasteiger partial charge in [0, 0.05) is 107 Å². The van der Waals surface area contributed by atoms with Crippen LogP contribution >= 0.6 is 0 Å². The van der Waals surface area contributed by atoms with E-state index < -0.39 is 84.2 Å². The van der Waals surface area contributed by atoms with Gasteiger partial charge in [-0.05, 0) is 107 Å². The average Bonchev–Trinajstić information content (AvgIpc) is 0.772. The molecule has 0 bridgehead atoms. The summed E-state index contributed by atoms with van der Waals surface area (Å²) < 4.78 is 140. The molecule has 0 saturated carbocycles. The van der Waals surface area contributed by atoms with Gasteiger partial charge in [0.1, 0.15) is 15.6 Å². The lowest BCUT2D eigenvalue weighted by molar-refractivity contribution is 0.105. The Morgan fingerprint density at radius 2 is 0.692 bits per heavy atom. The number of fused-ring (bicyclic) bond motifs is 3. The van der Waals surface area contributed by atoms with Crippen LogP contribution in [0.2, 0.25) is 0 Å². The minimum absolute atomic E-state index is 0.0153. The number of ketones is 2. The van der Waals surface area contributed by atoms with E-state index >= 15 is 0 Å². The molecule has 104 heavy (non-hydrogen) atoms. The van der Waals surface area contributed by atoms with Crippen LogP contribution in [0.25, 0.3) is 22.9 Å². The highest BCUT2D eigenvalue weighted by Gasteiger charge is 2.35. The van der Waals surface area contributed by atoms with Gasteiger partial charge in [0.15, 0.2) is 11.4 Å². The van der Waals surface area contributed by atoms with E-state index in [4.69, 9.17) is 66.0 Å². The Morgan fingerprint density at radius 1 is 0.385 bits per heavy atom. The molecule has 2 aliphatic rings. The Kier molecular flexibility index (Phi) is 39.6. The molecule has 0 aromatic heterocycles. The number of urea groups is 1. The quantitative estimate of drug-likeness (QED) is 0.0152. The number of nitrogens with zero attached hydrogens (tertiary/aromatic N) is 6. The molecule has 0 spiro atoms. The van der Waals surface area contributed by atoms with Gasteiger partial charge in [-0.15, -0.1) is 0 Å². The average molecular weight is 1550 g/mol. The fraction of sp³-hybridized carbons (Fsp3) is 0.403. The molecule has 0 heterocycles. The maximum atomic E-state index is 13.5. The van der Waals surface area contributed by atoms with E-state index in [1.165, 1.54) is 66.7 Å². The van der Waals surface area contributed by atoms with E-state index in [1.807, 2.05) is 0 Å². The highest BCUT2D eigenvalue weighted by Crippen LogP contribution is 2.33. The third kappa shape index (κ3) is 30.0. The zero-order valence-electron chi connectivity index (χ0n) is 56.2. The number of rotatable bonds is 35. The molecule has 20 N–H and O–H groups in total. The lowest BCUT2D eigenvalue weighted by atomic mass is 9.94. The molecule has 0 saturated heterocycles. The molecule has 0 unspecified atom stereocenters. The number of hydrogen-bond donors (Lipinski definition) is 20. The number of amides is 2. The highest BCUT2D eigenvalue weighted by molar-refractivity contribution is 7.91. The first-order chi connectivity index (χ1) is 49.3. The number of nitrogens with one attached hydrogen (secondary N) is 4. The monoisotopic (exact) mass is 1550 g/mol. The number of carbonyl (C=O) groups is 3. The molecule has 578 valence electrons. The highest BCUT2D eigenvalue weighted by atomic mass is 32.2. The fourth-order valence-electron chi connectivity index (χ4n) is 9.38. The van der Waals surface area contributed by atoms with Crippen LogP contribution in [0, 0.1) is 0 Å². The summed E-state index contributed by atoms with van der Waals surface area (Å²) in [6.07, 6.45) is 1.86. The van der Waals surface area contributed by atoms with Crippen molar-refractivity contribution in [2.45, 2.75) is 9.79 Å². The van der Waals surface area contributed by atoms with Crippen molar-refractivity contribution in [2.24, 2.45) is 10.2 Å². The second-order valence-electron chi connectivity index (χ2n) is 21.5. The Morgan fingerprint density at radius 3 is 1.02 bits per heavy atom. The van der Waals surface area contributed by atoms with Crippen molar-refractivity contribution in [3.8, 4) is 5.75 Å². The Balaban J connectivity index is 0.000000565. The molecule has 0 radical (unpaired) electrons. The minimum Gasteiger partial charge on any atom is -0.494 e. The van der Waals surface area contributed by atoms with Gasteiger partial charge in [0.2, 0.25) is 11.6 Å². The number of aliphatic hydroxyl groups is 12. The third-order valence-corrected chi connectivity index (χ3v) is 17.7. The first-order valence-corrected chi connectivity index (χ1v) is 36.9. The van der Waals surface area contributed by atoms with E-state index in [0.717, 1.165) is 43.5 Å². The molecule has 0 atom stereocenters. The summed E-state index contributed by atoms with van der Waals surface area (Å²) in [5.41, 5.74) is 3.41. The molecule has 5 aromatic carbocycles. The van der Waals surface area contributed by atoms with Crippen LogP contribution in [0.15, 0.2) is 121 Å². The van der Waals surface area contributed by atoms with E-state index in [0.29, 0.717) is 89.3 Å². The maximum Gasteiger partial charge on any atom is 0.323 e. The predicted molar refractivity (Wildman–Crippen MR) is 383 cm³/mol. The number of methoxy groups -OCH3 is 1. The van der Waals surface area contributed by atoms with Gasteiger partial charge in [0.25, 0.3) is 40.5 Å². The molecular weight excluding hydrogens is 1460 g/mol. The smallest absolute Gasteiger partial charge is 0.323 e. The van der Waals surface area contributed by atoms with Gasteiger partial charge in [-0.2, -0.15) is 43.9 Å². The van der Waals surface area contributed by atoms with Crippen molar-refractivity contribution >= 4 is 115 Å². The molecule has 42 heteroatoms. The van der Waals surface area contributed by atoms with Crippen LogP contribution in [0.1, 0.15) is 31.8 Å². The third-order valence-electron chi connectivity index (χ3n) is 14.3. The molecular formula is C62H88N10O28S4. The van der Waals surface area contributed by atoms with Gasteiger partial charge in [-0.3, -0.25) is 58.3 Å². The summed E-state index contributed by atoms with van der Waals surface area (Å²) >= 11 is 0. The summed E-state index contributed by atoms with van der Waals surface area (Å²) in [4.78, 5) is 44.6. The standard InChI is InChI=1S/C38H28N6O16S4.4C6H15NO3/c1-60-31-18-27(62(51,52)53)8-11-30(31)42-44-35-33(64(57,58)59)17-22-14-24(6-10-29(22)37(35)46)40-38(47)39-23-5-9-28-21(13-23)16-32(63(54,55)56)34(36(28)45)43-41-25-4-2-20-15-26(61(48,49)50)7-3-19(20)12-25;4*8-4-1-7(2-5-9)3-6-10/h2-18,41-42H,1H3,(H2,39,40,47)(H,48,49,50)(H,51,52,53)(H,54,55,56)(H,57,58,59);4*8-10H,1-6H2/b43-34+,44-35+;;;;. The van der Waals surface area contributed by atoms with Gasteiger partial charge in [-0.1, -0.05) is 12.1 Å². The summed E-state index contributed by atoms with van der Waals surface area (Å²) in [6, 6.07) is 17.8. The summed E-state index contributed by atoms with van der Waals surface area (Å²) in [7, 11) is -18.1. The number of hydrogen-bond acceptors (Lipinski definition) is 32. The van der Waals surface area contributed by atoms with Crippen LogP contribution < -0.4 is 26.2 Å². The van der Waals surface area contributed by atoms with Gasteiger partial charge < -0.3 is 76.6 Å². The molecule has 2 amide bonds. The molecule has 38 nitrogen and oxygen atoms in total. The zero-order chi connectivity index (χ0) is 77.8. The number of ether oxygens (including phenoxy) is 1. The van der Waals surface area contributed by atoms with Crippen molar-refractivity contribution in [3.05, 3.63) is 123 Å². The van der Waals surface area contributed by atoms with Crippen molar-refractivity contribution in [1.29, 1.82) is 0 Å². The Bertz CT molecular complexity index is 4100. The summed E-state index contributed by atoms with van der Waals surface area (Å²) in [6.45, 7) is 7.01. The minimum atomic E-state index is -5.12. The zero-order valence-corrected chi connectivity index (χ0v) is 59.4. The second-order valence-corrected chi connectivity index (χ2v) is 27.2. The summed E-state index contributed by atoms with van der Waals surface area (Å²) in [5.74, 6) is -2.08. The molecule has 0 aliphatic heterocycles. The van der Waals surface area contributed by atoms with Gasteiger partial charge in [-0.25, -0.2) is 4.79 Å².